The third kappa shape index (κ3) is 7.83. The number of rotatable bonds is 6. The van der Waals surface area contributed by atoms with Gasteiger partial charge in [0.1, 0.15) is 11.8 Å². The molecule has 4 N–H and O–H groups in total. The molecule has 5 heterocycles. The molecule has 0 spiro atoms. The van der Waals surface area contributed by atoms with Crippen molar-refractivity contribution in [1.82, 2.24) is 24.9 Å². The van der Waals surface area contributed by atoms with E-state index in [4.69, 9.17) is 20.2 Å². The van der Waals surface area contributed by atoms with Gasteiger partial charge in [-0.05, 0) is 142 Å². The molecular formula is C46H60N6O5. The quantitative estimate of drug-likeness (QED) is 0.181. The van der Waals surface area contributed by atoms with E-state index in [1.807, 2.05) is 6.07 Å². The number of nitrogens with one attached hydrogen (secondary N) is 1. The molecule has 1 aliphatic carbocycles. The molecule has 57 heavy (non-hydrogen) atoms. The Kier molecular flexibility index (Phi) is 10.7. The lowest BCUT2D eigenvalue weighted by Gasteiger charge is -2.40. The van der Waals surface area contributed by atoms with Crippen LogP contribution in [0.15, 0.2) is 48.7 Å². The van der Waals surface area contributed by atoms with Crippen LogP contribution in [0.1, 0.15) is 102 Å². The second kappa shape index (κ2) is 15.5. The molecule has 1 saturated carbocycles. The highest BCUT2D eigenvalue weighted by Gasteiger charge is 2.39. The van der Waals surface area contributed by atoms with Crippen molar-refractivity contribution in [1.29, 1.82) is 0 Å². The maximum absolute atomic E-state index is 13.6. The summed E-state index contributed by atoms with van der Waals surface area (Å²) in [4.78, 5) is 35.1. The molecule has 3 fully saturated rings. The van der Waals surface area contributed by atoms with Crippen molar-refractivity contribution in [2.45, 2.75) is 122 Å². The molecule has 0 radical (unpaired) electrons. The van der Waals surface area contributed by atoms with Crippen LogP contribution >= 0.6 is 0 Å². The number of phenolic OH excluding ortho intramolecular Hbond substituents is 1. The van der Waals surface area contributed by atoms with Gasteiger partial charge in [0.15, 0.2) is 0 Å². The van der Waals surface area contributed by atoms with Gasteiger partial charge in [0, 0.05) is 54.3 Å². The van der Waals surface area contributed by atoms with Gasteiger partial charge in [-0.15, -0.1) is 0 Å². The van der Waals surface area contributed by atoms with Crippen molar-refractivity contribution in [3.63, 3.8) is 0 Å². The van der Waals surface area contributed by atoms with Crippen molar-refractivity contribution in [2.75, 3.05) is 33.4 Å². The standard InChI is InChI=1S/C46H60N6O5/c1-7-51-40-13-10-30-23-35(40)37(42(51)36-24-32(26-48-41(36)28(2)56-6)46(5)14-17-50(18-15-46)33-11-12-33)25-45(3,4)27-57-44(55)39-9-8-16-52(49-39)43(54)38(47)21-29-19-31(30)22-34(53)20-29/h10,13,19-20,22-24,26,28,33,38-39,49,53H,7-9,11-12,14-18,21,25,27,47H2,1-6H3/t28-,38-,39-/m0/s1. The van der Waals surface area contributed by atoms with Crippen LogP contribution in [0.3, 0.4) is 0 Å². The Bertz CT molecular complexity index is 2170. The first-order valence-electron chi connectivity index (χ1n) is 21.0. The number of nitrogens with zero attached hydrogens (tertiary/aromatic N) is 4. The van der Waals surface area contributed by atoms with Gasteiger partial charge in [-0.2, -0.15) is 0 Å². The number of amides is 1. The molecule has 11 nitrogen and oxygen atoms in total. The average molecular weight is 777 g/mol. The number of benzene rings is 2. The second-order valence-corrected chi connectivity index (χ2v) is 18.1. The van der Waals surface area contributed by atoms with Crippen molar-refractivity contribution >= 4 is 22.8 Å². The number of cyclic esters (lactones) is 1. The number of carbonyl (C=O) groups excluding carboxylic acids is 2. The number of hydrazine groups is 1. The largest absolute Gasteiger partial charge is 0.508 e. The average Bonchev–Trinajstić information content (AvgIpc) is 4.01. The highest BCUT2D eigenvalue weighted by atomic mass is 16.5. The molecule has 3 aliphatic heterocycles. The molecule has 0 unspecified atom stereocenters. The molecule has 8 rings (SSSR count). The van der Waals surface area contributed by atoms with Gasteiger partial charge in [-0.3, -0.25) is 19.6 Å². The summed E-state index contributed by atoms with van der Waals surface area (Å²) in [6, 6.07) is 13.6. The van der Waals surface area contributed by atoms with E-state index in [1.54, 1.807) is 19.2 Å². The molecule has 4 aromatic rings. The first-order valence-corrected chi connectivity index (χ1v) is 21.0. The Morgan fingerprint density at radius 1 is 1.04 bits per heavy atom. The number of hydrogen-bond donors (Lipinski definition) is 3. The number of aromatic nitrogens is 2. The number of fused-ring (bicyclic) bond motifs is 6. The Morgan fingerprint density at radius 3 is 2.53 bits per heavy atom. The monoisotopic (exact) mass is 776 g/mol. The lowest BCUT2D eigenvalue weighted by Crippen LogP contribution is -2.59. The molecule has 1 amide bonds. The Hall–Kier alpha value is -4.29. The summed E-state index contributed by atoms with van der Waals surface area (Å²) in [6.07, 6.45) is 8.74. The number of phenols is 1. The van der Waals surface area contributed by atoms with Crippen LogP contribution in [0.25, 0.3) is 33.3 Å². The first-order chi connectivity index (χ1) is 27.3. The number of ether oxygens (including phenoxy) is 2. The third-order valence-corrected chi connectivity index (χ3v) is 13.1. The molecule has 3 atom stereocenters. The zero-order valence-corrected chi connectivity index (χ0v) is 34.6. The van der Waals surface area contributed by atoms with Gasteiger partial charge in [-0.1, -0.05) is 32.9 Å². The third-order valence-electron chi connectivity index (χ3n) is 13.1. The maximum atomic E-state index is 13.6. The van der Waals surface area contributed by atoms with Gasteiger partial charge >= 0.3 is 5.97 Å². The van der Waals surface area contributed by atoms with Crippen LogP contribution < -0.4 is 11.2 Å². The zero-order valence-electron chi connectivity index (χ0n) is 34.6. The smallest absolute Gasteiger partial charge is 0.324 e. The van der Waals surface area contributed by atoms with Crippen LogP contribution in [-0.2, 0) is 43.9 Å². The van der Waals surface area contributed by atoms with Crippen molar-refractivity contribution in [2.24, 2.45) is 11.1 Å². The maximum Gasteiger partial charge on any atom is 0.324 e. The number of methoxy groups -OCH3 is 1. The van der Waals surface area contributed by atoms with Crippen molar-refractivity contribution < 1.29 is 24.2 Å². The fourth-order valence-electron chi connectivity index (χ4n) is 9.47. The summed E-state index contributed by atoms with van der Waals surface area (Å²) in [7, 11) is 1.74. The van der Waals surface area contributed by atoms with E-state index in [1.165, 1.54) is 23.4 Å². The normalized spacial score (nSPS) is 23.6. The van der Waals surface area contributed by atoms with E-state index in [0.717, 1.165) is 88.6 Å². The zero-order chi connectivity index (χ0) is 40.2. The molecular weight excluding hydrogens is 717 g/mol. The summed E-state index contributed by atoms with van der Waals surface area (Å²) in [5.74, 6) is -0.557. The minimum atomic E-state index is -0.865. The fourth-order valence-corrected chi connectivity index (χ4v) is 9.47. The summed E-state index contributed by atoms with van der Waals surface area (Å²) < 4.78 is 14.5. The van der Waals surface area contributed by atoms with E-state index >= 15 is 0 Å². The molecule has 4 aliphatic rings. The highest BCUT2D eigenvalue weighted by Crippen LogP contribution is 2.45. The number of esters is 1. The molecule has 2 aromatic heterocycles. The number of pyridine rings is 1. The second-order valence-electron chi connectivity index (χ2n) is 18.1. The molecule has 2 saturated heterocycles. The van der Waals surface area contributed by atoms with E-state index in [2.05, 4.69) is 80.0 Å². The number of likely N-dealkylation sites (tertiary alicyclic amines) is 1. The Balaban J connectivity index is 1.30. The van der Waals surface area contributed by atoms with Gasteiger partial charge in [0.05, 0.1) is 30.1 Å². The summed E-state index contributed by atoms with van der Waals surface area (Å²) >= 11 is 0. The van der Waals surface area contributed by atoms with Crippen molar-refractivity contribution in [3.8, 4) is 28.1 Å². The van der Waals surface area contributed by atoms with Gasteiger partial charge < -0.3 is 29.8 Å². The number of aryl methyl sites for hydroxylation is 1. The fraction of sp³-hybridized carbons (Fsp3) is 0.543. The van der Waals surface area contributed by atoms with E-state index in [9.17, 15) is 14.7 Å². The summed E-state index contributed by atoms with van der Waals surface area (Å²) in [5, 5.41) is 13.6. The number of hydrogen-bond acceptors (Lipinski definition) is 9. The van der Waals surface area contributed by atoms with Gasteiger partial charge in [-0.25, -0.2) is 5.43 Å². The molecule has 304 valence electrons. The van der Waals surface area contributed by atoms with Crippen LogP contribution in [0.4, 0.5) is 0 Å². The predicted molar refractivity (Wildman–Crippen MR) is 223 cm³/mol. The van der Waals surface area contributed by atoms with Gasteiger partial charge in [0.2, 0.25) is 0 Å². The van der Waals surface area contributed by atoms with E-state index in [0.29, 0.717) is 25.8 Å². The van der Waals surface area contributed by atoms with Crippen LogP contribution in [0, 0.1) is 5.41 Å². The number of nitrogens with two attached hydrogens (primary N) is 1. The minimum absolute atomic E-state index is 0.00265. The number of carbonyl (C=O) groups is 2. The lowest BCUT2D eigenvalue weighted by atomic mass is 9.74. The lowest BCUT2D eigenvalue weighted by molar-refractivity contribution is -0.154. The summed E-state index contributed by atoms with van der Waals surface area (Å²) in [5.41, 5.74) is 18.3. The predicted octanol–water partition coefficient (Wildman–Crippen LogP) is 6.81. The summed E-state index contributed by atoms with van der Waals surface area (Å²) in [6.45, 7) is 14.5. The molecule has 11 heteroatoms. The molecule has 6 bridgehead atoms. The number of aromatic hydroxyl groups is 1. The topological polar surface area (TPSA) is 135 Å². The van der Waals surface area contributed by atoms with E-state index < -0.39 is 17.5 Å². The first kappa shape index (κ1) is 39.5. The number of piperidine rings is 1. The minimum Gasteiger partial charge on any atom is -0.508 e. The van der Waals surface area contributed by atoms with Crippen LogP contribution in [-0.4, -0.2) is 87.9 Å². The molecule has 2 aromatic carbocycles. The van der Waals surface area contributed by atoms with E-state index in [-0.39, 0.29) is 42.2 Å². The van der Waals surface area contributed by atoms with Crippen LogP contribution in [0.2, 0.25) is 0 Å². The van der Waals surface area contributed by atoms with Gasteiger partial charge in [0.25, 0.3) is 5.91 Å². The van der Waals surface area contributed by atoms with Crippen LogP contribution in [0.5, 0.6) is 5.75 Å². The highest BCUT2D eigenvalue weighted by molar-refractivity contribution is 5.95. The Morgan fingerprint density at radius 2 is 1.81 bits per heavy atom. The Labute approximate surface area is 336 Å². The SMILES string of the molecule is CCn1c(-c2cc(C3(C)CCN(C4CC4)CC3)cnc2[C@H](C)OC)c2c3cc(ccc31)-c1cc(O)cc(c1)C[C@H](N)C(=O)N1CCC[C@H](N1)C(=O)OCC(C)(C)C2. The van der Waals surface area contributed by atoms with Crippen molar-refractivity contribution in [3.05, 3.63) is 71.0 Å².